The summed E-state index contributed by atoms with van der Waals surface area (Å²) in [6.45, 7) is 0. The monoisotopic (exact) mass is 406 g/mol. The molecule has 0 unspecified atom stereocenters. The fourth-order valence-electron chi connectivity index (χ4n) is 2.12. The Labute approximate surface area is 146 Å². The average Bonchev–Trinajstić information content (AvgIpc) is 2.84. The van der Waals surface area contributed by atoms with Gasteiger partial charge in [0.15, 0.2) is 0 Å². The first-order valence-electron chi connectivity index (χ1n) is 5.23. The van der Waals surface area contributed by atoms with Crippen molar-refractivity contribution in [2.24, 2.45) is 0 Å². The Balaban J connectivity index is 0.000001000. The van der Waals surface area contributed by atoms with E-state index in [0.29, 0.717) is 0 Å². The summed E-state index contributed by atoms with van der Waals surface area (Å²) in [5.41, 5.74) is 0. The molecular formula is C14H6BrS2Y-. The fourth-order valence-corrected chi connectivity index (χ4v) is 5.31. The molecule has 4 aromatic rings. The molecule has 85 valence electrons. The summed E-state index contributed by atoms with van der Waals surface area (Å²) >= 11 is 7.28. The van der Waals surface area contributed by atoms with Gasteiger partial charge in [0.1, 0.15) is 0 Å². The predicted octanol–water partition coefficient (Wildman–Crippen LogP) is 5.83. The smallest absolute Gasteiger partial charge is 0.0391 e. The van der Waals surface area contributed by atoms with E-state index >= 15 is 0 Å². The summed E-state index contributed by atoms with van der Waals surface area (Å²) in [5, 5.41) is 2.73. The maximum atomic E-state index is 3.53. The van der Waals surface area contributed by atoms with Crippen LogP contribution in [0.2, 0.25) is 0 Å². The van der Waals surface area contributed by atoms with Crippen LogP contribution in [0.15, 0.2) is 40.9 Å². The molecule has 0 aliphatic rings. The van der Waals surface area contributed by atoms with Crippen molar-refractivity contribution in [3.05, 3.63) is 46.9 Å². The number of hydrogen-bond acceptors (Lipinski definition) is 2. The van der Waals surface area contributed by atoms with E-state index in [2.05, 4.69) is 52.3 Å². The Morgan fingerprint density at radius 2 is 1.67 bits per heavy atom. The number of rotatable bonds is 0. The maximum absolute atomic E-state index is 3.53. The molecular weight excluding hydrogens is 401 g/mol. The van der Waals surface area contributed by atoms with E-state index in [1.807, 2.05) is 28.7 Å². The molecule has 0 aliphatic carbocycles. The maximum Gasteiger partial charge on any atom is 0.0391 e. The third-order valence-electron chi connectivity index (χ3n) is 2.89. The molecule has 0 bridgehead atoms. The standard InChI is InChI=1S/C14H6BrS2.Y/c15-8-5-6-10-12(7-8)17-13-9-3-1-2-4-11(9)16-14(10)13;/h1,3-7H;/q-1;. The van der Waals surface area contributed by atoms with Crippen molar-refractivity contribution in [2.75, 3.05) is 0 Å². The van der Waals surface area contributed by atoms with Gasteiger partial charge in [-0.2, -0.15) is 24.3 Å². The van der Waals surface area contributed by atoms with E-state index in [1.54, 1.807) is 0 Å². The van der Waals surface area contributed by atoms with Gasteiger partial charge in [0.05, 0.1) is 0 Å². The normalized spacial score (nSPS) is 11.2. The van der Waals surface area contributed by atoms with Gasteiger partial charge in [0.2, 0.25) is 0 Å². The number of hydrogen-bond donors (Lipinski definition) is 0. The minimum Gasteiger partial charge on any atom is -0.203 e. The summed E-state index contributed by atoms with van der Waals surface area (Å²) < 4.78 is 6.66. The summed E-state index contributed by atoms with van der Waals surface area (Å²) in [5.74, 6) is 0. The molecule has 0 atom stereocenters. The topological polar surface area (TPSA) is 0 Å². The average molecular weight is 407 g/mol. The van der Waals surface area contributed by atoms with Crippen LogP contribution >= 0.6 is 38.6 Å². The van der Waals surface area contributed by atoms with Crippen LogP contribution in [0, 0.1) is 6.07 Å². The number of fused-ring (bicyclic) bond motifs is 5. The van der Waals surface area contributed by atoms with Crippen LogP contribution in [0.1, 0.15) is 0 Å². The molecule has 2 heterocycles. The summed E-state index contributed by atoms with van der Waals surface area (Å²) in [4.78, 5) is 0. The third-order valence-corrected chi connectivity index (χ3v) is 5.88. The molecule has 0 saturated carbocycles. The van der Waals surface area contributed by atoms with E-state index in [0.717, 1.165) is 4.47 Å². The Hall–Kier alpha value is 0.204. The molecule has 0 saturated heterocycles. The van der Waals surface area contributed by atoms with Crippen molar-refractivity contribution < 1.29 is 32.7 Å². The Morgan fingerprint density at radius 1 is 0.944 bits per heavy atom. The molecule has 1 radical (unpaired) electrons. The molecule has 2 aromatic heterocycles. The zero-order valence-electron chi connectivity index (χ0n) is 9.24. The van der Waals surface area contributed by atoms with Crippen LogP contribution in [0.3, 0.4) is 0 Å². The Morgan fingerprint density at radius 3 is 2.50 bits per heavy atom. The first kappa shape index (κ1) is 13.2. The van der Waals surface area contributed by atoms with Gasteiger partial charge in [-0.15, -0.1) is 11.3 Å². The van der Waals surface area contributed by atoms with Gasteiger partial charge in [0, 0.05) is 56.7 Å². The van der Waals surface area contributed by atoms with Gasteiger partial charge < -0.3 is 0 Å². The number of halogens is 1. The van der Waals surface area contributed by atoms with Crippen LogP contribution in [-0.4, -0.2) is 0 Å². The molecule has 0 amide bonds. The second-order valence-electron chi connectivity index (χ2n) is 3.93. The van der Waals surface area contributed by atoms with Crippen LogP contribution in [0.5, 0.6) is 0 Å². The largest absolute Gasteiger partial charge is 0.203 e. The van der Waals surface area contributed by atoms with Crippen molar-refractivity contribution in [3.63, 3.8) is 0 Å². The summed E-state index contributed by atoms with van der Waals surface area (Å²) in [7, 11) is 0. The quantitative estimate of drug-likeness (QED) is 0.322. The molecule has 0 spiro atoms. The first-order chi connectivity index (χ1) is 8.33. The minimum absolute atomic E-state index is 0. The van der Waals surface area contributed by atoms with Crippen molar-refractivity contribution in [3.8, 4) is 0 Å². The number of benzene rings is 2. The predicted molar refractivity (Wildman–Crippen MR) is 81.3 cm³/mol. The Bertz CT molecular complexity index is 860. The Kier molecular flexibility index (Phi) is 3.63. The van der Waals surface area contributed by atoms with E-state index in [9.17, 15) is 0 Å². The van der Waals surface area contributed by atoms with Gasteiger partial charge in [0.25, 0.3) is 0 Å². The summed E-state index contributed by atoms with van der Waals surface area (Å²) in [6.07, 6.45) is 0. The van der Waals surface area contributed by atoms with Gasteiger partial charge in [-0.05, 0) is 12.1 Å². The molecule has 4 rings (SSSR count). The second kappa shape index (κ2) is 4.95. The molecule has 0 N–H and O–H groups in total. The zero-order chi connectivity index (χ0) is 11.4. The van der Waals surface area contributed by atoms with Gasteiger partial charge in [-0.3, -0.25) is 0 Å². The third kappa shape index (κ3) is 1.92. The van der Waals surface area contributed by atoms with Gasteiger partial charge >= 0.3 is 0 Å². The molecule has 0 fully saturated rings. The van der Waals surface area contributed by atoms with Crippen molar-refractivity contribution in [1.82, 2.24) is 0 Å². The van der Waals surface area contributed by atoms with Gasteiger partial charge in [-0.1, -0.05) is 32.1 Å². The van der Waals surface area contributed by atoms with Crippen LogP contribution in [0.4, 0.5) is 0 Å². The van der Waals surface area contributed by atoms with E-state index in [-0.39, 0.29) is 32.7 Å². The first-order valence-corrected chi connectivity index (χ1v) is 7.66. The SMILES string of the molecule is Brc1ccc2c(c1)sc1c3cc[c-]cc3sc21.[Y]. The van der Waals surface area contributed by atoms with E-state index < -0.39 is 0 Å². The summed E-state index contributed by atoms with van der Waals surface area (Å²) in [6, 6.07) is 15.9. The number of thiophene rings is 2. The molecule has 18 heavy (non-hydrogen) atoms. The van der Waals surface area contributed by atoms with E-state index in [4.69, 9.17) is 0 Å². The molecule has 0 aliphatic heterocycles. The van der Waals surface area contributed by atoms with Crippen molar-refractivity contribution in [1.29, 1.82) is 0 Å². The molecule has 0 nitrogen and oxygen atoms in total. The van der Waals surface area contributed by atoms with Crippen LogP contribution in [0.25, 0.3) is 29.6 Å². The second-order valence-corrected chi connectivity index (χ2v) is 6.95. The van der Waals surface area contributed by atoms with Gasteiger partial charge in [-0.25, -0.2) is 11.3 Å². The van der Waals surface area contributed by atoms with Crippen LogP contribution in [-0.2, 0) is 32.7 Å². The van der Waals surface area contributed by atoms with Crippen LogP contribution < -0.4 is 0 Å². The molecule has 2 aromatic carbocycles. The minimum atomic E-state index is 0. The molecule has 4 heteroatoms. The zero-order valence-corrected chi connectivity index (χ0v) is 15.3. The van der Waals surface area contributed by atoms with Crippen molar-refractivity contribution >= 4 is 68.2 Å². The fraction of sp³-hybridized carbons (Fsp3) is 0. The van der Waals surface area contributed by atoms with Crippen molar-refractivity contribution in [2.45, 2.75) is 0 Å². The van der Waals surface area contributed by atoms with E-state index in [1.165, 1.54) is 29.6 Å².